The molecule has 1 aromatic rings. The zero-order chi connectivity index (χ0) is 15.2. The summed E-state index contributed by atoms with van der Waals surface area (Å²) in [5.74, 6) is 0.108. The van der Waals surface area contributed by atoms with Crippen molar-refractivity contribution in [3.63, 3.8) is 0 Å². The second kappa shape index (κ2) is 7.50. The molecule has 1 amide bonds. The number of rotatable bonds is 7. The van der Waals surface area contributed by atoms with Crippen molar-refractivity contribution in [1.29, 1.82) is 0 Å². The van der Waals surface area contributed by atoms with Gasteiger partial charge in [0.1, 0.15) is 0 Å². The number of sulfonamides is 1. The van der Waals surface area contributed by atoms with Gasteiger partial charge >= 0.3 is 0 Å². The smallest absolute Gasteiger partial charge is 0.251 e. The van der Waals surface area contributed by atoms with E-state index in [2.05, 4.69) is 10.0 Å². The molecule has 0 aromatic heterocycles. The molecule has 0 saturated heterocycles. The van der Waals surface area contributed by atoms with E-state index in [-0.39, 0.29) is 11.7 Å². The zero-order valence-corrected chi connectivity index (χ0v) is 13.1. The van der Waals surface area contributed by atoms with Gasteiger partial charge in [-0.2, -0.15) is 0 Å². The molecule has 112 valence electrons. The fraction of sp³-hybridized carbons (Fsp3) is 0.462. The van der Waals surface area contributed by atoms with E-state index in [1.54, 1.807) is 25.1 Å². The maximum atomic E-state index is 11.8. The molecule has 0 spiro atoms. The largest absolute Gasteiger partial charge is 0.352 e. The summed E-state index contributed by atoms with van der Waals surface area (Å²) in [6, 6.07) is 4.85. The second-order valence-electron chi connectivity index (χ2n) is 4.35. The SMILES string of the molecule is CCNC(=O)c1ccc(NS(=O)(=O)CCCCl)c(C)c1. The molecule has 0 heterocycles. The minimum absolute atomic E-state index is 0.0198. The van der Waals surface area contributed by atoms with E-state index >= 15 is 0 Å². The van der Waals surface area contributed by atoms with Crippen LogP contribution >= 0.6 is 11.6 Å². The maximum absolute atomic E-state index is 11.8. The lowest BCUT2D eigenvalue weighted by molar-refractivity contribution is 0.0956. The Morgan fingerprint density at radius 2 is 2.05 bits per heavy atom. The number of nitrogens with one attached hydrogen (secondary N) is 2. The summed E-state index contributed by atoms with van der Waals surface area (Å²) < 4.78 is 26.1. The highest BCUT2D eigenvalue weighted by molar-refractivity contribution is 7.92. The molecule has 0 bridgehead atoms. The topological polar surface area (TPSA) is 75.3 Å². The molecule has 5 nitrogen and oxygen atoms in total. The van der Waals surface area contributed by atoms with Crippen molar-refractivity contribution in [3.05, 3.63) is 29.3 Å². The van der Waals surface area contributed by atoms with Crippen LogP contribution < -0.4 is 10.0 Å². The van der Waals surface area contributed by atoms with Gasteiger partial charge in [-0.25, -0.2) is 8.42 Å². The third-order valence-electron chi connectivity index (χ3n) is 2.64. The molecule has 2 N–H and O–H groups in total. The van der Waals surface area contributed by atoms with Gasteiger partial charge < -0.3 is 5.32 Å². The van der Waals surface area contributed by atoms with E-state index in [1.807, 2.05) is 6.92 Å². The number of alkyl halides is 1. The Kier molecular flexibility index (Phi) is 6.29. The number of aryl methyl sites for hydroxylation is 1. The van der Waals surface area contributed by atoms with Crippen LogP contribution in [0.4, 0.5) is 5.69 Å². The van der Waals surface area contributed by atoms with Gasteiger partial charge in [-0.15, -0.1) is 11.6 Å². The summed E-state index contributed by atoms with van der Waals surface area (Å²) in [7, 11) is -3.40. The molecule has 0 saturated carbocycles. The summed E-state index contributed by atoms with van der Waals surface area (Å²) in [5.41, 5.74) is 1.68. The number of benzene rings is 1. The number of hydrogen-bond acceptors (Lipinski definition) is 3. The lowest BCUT2D eigenvalue weighted by atomic mass is 10.1. The lowest BCUT2D eigenvalue weighted by Crippen LogP contribution is -2.23. The predicted octanol–water partition coefficient (Wildman–Crippen LogP) is 2.12. The van der Waals surface area contributed by atoms with Crippen molar-refractivity contribution in [1.82, 2.24) is 5.32 Å². The zero-order valence-electron chi connectivity index (χ0n) is 11.6. The molecule has 7 heteroatoms. The number of carbonyl (C=O) groups is 1. The van der Waals surface area contributed by atoms with Crippen LogP contribution in [0, 0.1) is 6.92 Å². The van der Waals surface area contributed by atoms with Crippen molar-refractivity contribution < 1.29 is 13.2 Å². The van der Waals surface area contributed by atoms with Crippen molar-refractivity contribution in [3.8, 4) is 0 Å². The molecule has 20 heavy (non-hydrogen) atoms. The van der Waals surface area contributed by atoms with Crippen LogP contribution in [0.25, 0.3) is 0 Å². The molecular weight excluding hydrogens is 300 g/mol. The van der Waals surface area contributed by atoms with Gasteiger partial charge in [-0.3, -0.25) is 9.52 Å². The molecule has 0 unspecified atom stereocenters. The van der Waals surface area contributed by atoms with Gasteiger partial charge in [0, 0.05) is 18.0 Å². The Bertz CT molecular complexity index is 573. The number of amides is 1. The standard InChI is InChI=1S/C13H19ClN2O3S/c1-3-15-13(17)11-5-6-12(10(2)9-11)16-20(18,19)8-4-7-14/h5-6,9,16H,3-4,7-8H2,1-2H3,(H,15,17). The first-order chi connectivity index (χ1) is 9.39. The van der Waals surface area contributed by atoms with Gasteiger partial charge in [0.25, 0.3) is 5.91 Å². The minimum Gasteiger partial charge on any atom is -0.352 e. The third-order valence-corrected chi connectivity index (χ3v) is 4.26. The van der Waals surface area contributed by atoms with E-state index in [1.165, 1.54) is 0 Å². The van der Waals surface area contributed by atoms with Gasteiger partial charge in [-0.05, 0) is 44.0 Å². The fourth-order valence-electron chi connectivity index (χ4n) is 1.65. The molecule has 0 aliphatic rings. The van der Waals surface area contributed by atoms with Crippen molar-refractivity contribution in [2.24, 2.45) is 0 Å². The van der Waals surface area contributed by atoms with Gasteiger partial charge in [-0.1, -0.05) is 0 Å². The third kappa shape index (κ3) is 5.02. The Morgan fingerprint density at radius 3 is 2.60 bits per heavy atom. The second-order valence-corrected chi connectivity index (χ2v) is 6.57. The molecular formula is C13H19ClN2O3S. The number of carbonyl (C=O) groups excluding carboxylic acids is 1. The Hall–Kier alpha value is -1.27. The summed E-state index contributed by atoms with van der Waals surface area (Å²) in [6.07, 6.45) is 0.396. The van der Waals surface area contributed by atoms with E-state index < -0.39 is 10.0 Å². The first kappa shape index (κ1) is 16.8. The number of halogens is 1. The minimum atomic E-state index is -3.40. The average molecular weight is 319 g/mol. The van der Waals surface area contributed by atoms with Crippen LogP contribution in [-0.4, -0.2) is 32.5 Å². The van der Waals surface area contributed by atoms with Crippen LogP contribution in [0.2, 0.25) is 0 Å². The summed E-state index contributed by atoms with van der Waals surface area (Å²) in [5, 5.41) is 2.69. The molecule has 0 aliphatic carbocycles. The van der Waals surface area contributed by atoms with Crippen LogP contribution in [0.5, 0.6) is 0 Å². The molecule has 1 rings (SSSR count). The highest BCUT2D eigenvalue weighted by atomic mass is 35.5. The predicted molar refractivity (Wildman–Crippen MR) is 81.9 cm³/mol. The maximum Gasteiger partial charge on any atom is 0.251 e. The van der Waals surface area contributed by atoms with Crippen LogP contribution in [0.3, 0.4) is 0 Å². The lowest BCUT2D eigenvalue weighted by Gasteiger charge is -2.11. The highest BCUT2D eigenvalue weighted by Gasteiger charge is 2.13. The molecule has 0 radical (unpaired) electrons. The Labute approximate surface area is 124 Å². The quantitative estimate of drug-likeness (QED) is 0.756. The summed E-state index contributed by atoms with van der Waals surface area (Å²) >= 11 is 5.49. The van der Waals surface area contributed by atoms with E-state index in [4.69, 9.17) is 11.6 Å². The number of hydrogen-bond donors (Lipinski definition) is 2. The Balaban J connectivity index is 2.86. The molecule has 0 fully saturated rings. The normalized spacial score (nSPS) is 11.2. The first-order valence-corrected chi connectivity index (χ1v) is 8.53. The highest BCUT2D eigenvalue weighted by Crippen LogP contribution is 2.18. The van der Waals surface area contributed by atoms with Crippen molar-refractivity contribution in [2.75, 3.05) is 22.9 Å². The fourth-order valence-corrected chi connectivity index (χ4v) is 3.13. The van der Waals surface area contributed by atoms with Crippen LogP contribution in [0.15, 0.2) is 18.2 Å². The number of anilines is 1. The monoisotopic (exact) mass is 318 g/mol. The van der Waals surface area contributed by atoms with Gasteiger partial charge in [0.15, 0.2) is 0 Å². The molecule has 0 atom stereocenters. The van der Waals surface area contributed by atoms with E-state index in [9.17, 15) is 13.2 Å². The summed E-state index contributed by atoms with van der Waals surface area (Å²) in [4.78, 5) is 11.7. The van der Waals surface area contributed by atoms with Crippen molar-refractivity contribution >= 4 is 33.2 Å². The molecule has 0 aliphatic heterocycles. The van der Waals surface area contributed by atoms with Gasteiger partial charge in [0.2, 0.25) is 10.0 Å². The van der Waals surface area contributed by atoms with Gasteiger partial charge in [0.05, 0.1) is 11.4 Å². The van der Waals surface area contributed by atoms with Crippen LogP contribution in [-0.2, 0) is 10.0 Å². The first-order valence-electron chi connectivity index (χ1n) is 6.35. The van der Waals surface area contributed by atoms with E-state index in [0.29, 0.717) is 35.7 Å². The average Bonchev–Trinajstić information content (AvgIpc) is 2.39. The van der Waals surface area contributed by atoms with E-state index in [0.717, 1.165) is 0 Å². The summed E-state index contributed by atoms with van der Waals surface area (Å²) in [6.45, 7) is 4.14. The van der Waals surface area contributed by atoms with Crippen LogP contribution in [0.1, 0.15) is 29.3 Å². The Morgan fingerprint density at radius 1 is 1.35 bits per heavy atom. The molecule has 1 aromatic carbocycles. The van der Waals surface area contributed by atoms with Crippen molar-refractivity contribution in [2.45, 2.75) is 20.3 Å².